The van der Waals surface area contributed by atoms with Gasteiger partial charge >= 0.3 is 0 Å². The van der Waals surface area contributed by atoms with Crippen LogP contribution in [0, 0.1) is 5.92 Å². The van der Waals surface area contributed by atoms with Crippen LogP contribution in [0.2, 0.25) is 0 Å². The lowest BCUT2D eigenvalue weighted by Gasteiger charge is -2.51. The number of anilines is 2. The van der Waals surface area contributed by atoms with Crippen LogP contribution in [0.15, 0.2) is 59.7 Å². The second kappa shape index (κ2) is 8.32. The Hall–Kier alpha value is -3.15. The summed E-state index contributed by atoms with van der Waals surface area (Å²) in [5.41, 5.74) is 4.42. The smallest absolute Gasteiger partial charge is 0.255 e. The number of fused-ring (bicyclic) bond motifs is 3. The van der Waals surface area contributed by atoms with Crippen LogP contribution < -0.4 is 15.4 Å². The molecule has 3 aromatic rings. The van der Waals surface area contributed by atoms with E-state index in [0.717, 1.165) is 30.2 Å². The van der Waals surface area contributed by atoms with Crippen LogP contribution in [0.3, 0.4) is 0 Å². The normalized spacial score (nSPS) is 24.5. The van der Waals surface area contributed by atoms with Crippen molar-refractivity contribution in [3.8, 4) is 11.3 Å². The minimum atomic E-state index is -0.0141. The molecule has 5 heterocycles. The average Bonchev–Trinajstić information content (AvgIpc) is 3.41. The second-order valence-corrected chi connectivity index (χ2v) is 9.87. The van der Waals surface area contributed by atoms with Gasteiger partial charge in [0.2, 0.25) is 5.95 Å². The molecule has 6 nitrogen and oxygen atoms in total. The first-order valence-electron chi connectivity index (χ1n) is 12.3. The van der Waals surface area contributed by atoms with Crippen LogP contribution in [0.5, 0.6) is 0 Å². The molecule has 2 bridgehead atoms. The molecular formula is C27H31N5O. The second-order valence-electron chi connectivity index (χ2n) is 9.87. The molecule has 0 amide bonds. The minimum absolute atomic E-state index is 0.0141. The van der Waals surface area contributed by atoms with Gasteiger partial charge in [-0.1, -0.05) is 12.1 Å². The highest BCUT2D eigenvalue weighted by Gasteiger charge is 2.42. The largest absolute Gasteiger partial charge is 0.372 e. The fourth-order valence-electron chi connectivity index (χ4n) is 6.14. The van der Waals surface area contributed by atoms with E-state index in [1.165, 1.54) is 50.0 Å². The van der Waals surface area contributed by atoms with Gasteiger partial charge in [-0.05, 0) is 67.9 Å². The van der Waals surface area contributed by atoms with Crippen molar-refractivity contribution in [3.63, 3.8) is 0 Å². The van der Waals surface area contributed by atoms with Crippen LogP contribution in [-0.4, -0.2) is 40.2 Å². The third-order valence-corrected chi connectivity index (χ3v) is 7.91. The summed E-state index contributed by atoms with van der Waals surface area (Å²) in [5.74, 6) is 1.91. The van der Waals surface area contributed by atoms with Crippen LogP contribution in [0.4, 0.5) is 11.6 Å². The molecule has 170 valence electrons. The molecule has 0 spiro atoms. The maximum atomic E-state index is 12.9. The molecule has 4 aliphatic rings. The molecular weight excluding hydrogens is 410 g/mol. The topological polar surface area (TPSA) is 54.3 Å². The van der Waals surface area contributed by atoms with E-state index in [-0.39, 0.29) is 5.56 Å². The van der Waals surface area contributed by atoms with Gasteiger partial charge in [0.15, 0.2) is 0 Å². The molecule has 7 rings (SSSR count). The predicted molar refractivity (Wildman–Crippen MR) is 132 cm³/mol. The first-order valence-corrected chi connectivity index (χ1v) is 12.3. The van der Waals surface area contributed by atoms with E-state index in [1.807, 2.05) is 19.2 Å². The van der Waals surface area contributed by atoms with Crippen molar-refractivity contribution < 1.29 is 0 Å². The van der Waals surface area contributed by atoms with E-state index >= 15 is 0 Å². The molecule has 3 saturated heterocycles. The van der Waals surface area contributed by atoms with Gasteiger partial charge in [0.1, 0.15) is 0 Å². The zero-order chi connectivity index (χ0) is 22.4. The van der Waals surface area contributed by atoms with Gasteiger partial charge in [0.05, 0.1) is 5.69 Å². The Labute approximate surface area is 194 Å². The highest BCUT2D eigenvalue weighted by atomic mass is 16.1. The molecule has 1 aromatic carbocycles. The highest BCUT2D eigenvalue weighted by molar-refractivity contribution is 5.60. The maximum Gasteiger partial charge on any atom is 0.255 e. The SMILES string of the molecule is Cn1c(N2CC3CCC2[C@@H](c2ccc(N4CCCC4)cc2)C3)nc(-c2ccncc2)cc1=O. The van der Waals surface area contributed by atoms with Crippen molar-refractivity contribution in [2.24, 2.45) is 13.0 Å². The summed E-state index contributed by atoms with van der Waals surface area (Å²) >= 11 is 0. The molecule has 2 aromatic heterocycles. The molecule has 3 aliphatic heterocycles. The molecule has 0 radical (unpaired) electrons. The van der Waals surface area contributed by atoms with E-state index in [1.54, 1.807) is 23.0 Å². The monoisotopic (exact) mass is 441 g/mol. The minimum Gasteiger partial charge on any atom is -0.372 e. The van der Waals surface area contributed by atoms with Crippen LogP contribution in [0.25, 0.3) is 11.3 Å². The van der Waals surface area contributed by atoms with Gasteiger partial charge in [-0.2, -0.15) is 0 Å². The molecule has 4 fully saturated rings. The van der Waals surface area contributed by atoms with Crippen molar-refractivity contribution in [3.05, 3.63) is 70.8 Å². The summed E-state index contributed by atoms with van der Waals surface area (Å²) in [4.78, 5) is 26.9. The summed E-state index contributed by atoms with van der Waals surface area (Å²) in [6, 6.07) is 15.1. The van der Waals surface area contributed by atoms with Gasteiger partial charge in [0, 0.05) is 68.4 Å². The Morgan fingerprint density at radius 3 is 2.45 bits per heavy atom. The lowest BCUT2D eigenvalue weighted by Crippen LogP contribution is -2.54. The highest BCUT2D eigenvalue weighted by Crippen LogP contribution is 2.45. The summed E-state index contributed by atoms with van der Waals surface area (Å²) in [5, 5.41) is 0. The number of nitrogens with zero attached hydrogens (tertiary/aromatic N) is 5. The van der Waals surface area contributed by atoms with Gasteiger partial charge in [-0.25, -0.2) is 4.98 Å². The van der Waals surface area contributed by atoms with E-state index in [2.05, 4.69) is 39.0 Å². The van der Waals surface area contributed by atoms with Crippen molar-refractivity contribution in [1.82, 2.24) is 14.5 Å². The maximum absolute atomic E-state index is 12.9. The lowest BCUT2D eigenvalue weighted by atomic mass is 9.70. The van der Waals surface area contributed by atoms with E-state index in [9.17, 15) is 4.79 Å². The number of piperidine rings is 2. The molecule has 33 heavy (non-hydrogen) atoms. The first kappa shape index (κ1) is 20.5. The number of hydrogen-bond donors (Lipinski definition) is 0. The zero-order valence-electron chi connectivity index (χ0n) is 19.2. The molecule has 1 aliphatic carbocycles. The van der Waals surface area contributed by atoms with Crippen LogP contribution in [0.1, 0.15) is 43.6 Å². The number of hydrogen-bond acceptors (Lipinski definition) is 5. The van der Waals surface area contributed by atoms with Crippen molar-refractivity contribution in [1.29, 1.82) is 0 Å². The van der Waals surface area contributed by atoms with Gasteiger partial charge < -0.3 is 9.80 Å². The fraction of sp³-hybridized carbons (Fsp3) is 0.444. The van der Waals surface area contributed by atoms with Crippen molar-refractivity contribution >= 4 is 11.6 Å². The quantitative estimate of drug-likeness (QED) is 0.607. The van der Waals surface area contributed by atoms with Crippen LogP contribution in [-0.2, 0) is 7.05 Å². The number of aromatic nitrogens is 3. The summed E-state index contributed by atoms with van der Waals surface area (Å²) in [6.07, 6.45) is 9.74. The van der Waals surface area contributed by atoms with Crippen molar-refractivity contribution in [2.45, 2.75) is 44.1 Å². The van der Waals surface area contributed by atoms with Crippen LogP contribution >= 0.6 is 0 Å². The number of rotatable bonds is 4. The van der Waals surface area contributed by atoms with Crippen molar-refractivity contribution in [2.75, 3.05) is 29.4 Å². The predicted octanol–water partition coefficient (Wildman–Crippen LogP) is 4.22. The molecule has 2 unspecified atom stereocenters. The van der Waals surface area contributed by atoms with E-state index < -0.39 is 0 Å². The Kier molecular flexibility index (Phi) is 5.16. The Morgan fingerprint density at radius 1 is 0.970 bits per heavy atom. The van der Waals surface area contributed by atoms with E-state index in [0.29, 0.717) is 17.9 Å². The fourth-order valence-corrected chi connectivity index (χ4v) is 6.14. The number of pyridine rings is 1. The Balaban J connectivity index is 1.33. The van der Waals surface area contributed by atoms with Gasteiger partial charge in [0.25, 0.3) is 5.56 Å². The Morgan fingerprint density at radius 2 is 1.73 bits per heavy atom. The third-order valence-electron chi connectivity index (χ3n) is 7.91. The lowest BCUT2D eigenvalue weighted by molar-refractivity contribution is 0.215. The standard InChI is InChI=1S/C27H31N5O/c1-30-26(33)17-24(21-10-12-28-13-11-21)29-27(30)32-18-19-4-9-25(32)23(16-19)20-5-7-22(8-6-20)31-14-2-3-15-31/h5-8,10-13,17,19,23,25H,2-4,9,14-16,18H2,1H3/t19?,23-,25?/m1/s1. The summed E-state index contributed by atoms with van der Waals surface area (Å²) in [7, 11) is 1.85. The average molecular weight is 442 g/mol. The molecule has 3 atom stereocenters. The molecule has 6 heteroatoms. The van der Waals surface area contributed by atoms with Gasteiger partial charge in [-0.15, -0.1) is 0 Å². The Bertz CT molecular complexity index is 1180. The first-order chi connectivity index (χ1) is 16.2. The number of benzene rings is 1. The summed E-state index contributed by atoms with van der Waals surface area (Å²) in [6.45, 7) is 3.33. The third kappa shape index (κ3) is 3.71. The molecule has 0 N–H and O–H groups in total. The molecule has 1 saturated carbocycles. The van der Waals surface area contributed by atoms with E-state index in [4.69, 9.17) is 4.98 Å². The summed E-state index contributed by atoms with van der Waals surface area (Å²) < 4.78 is 1.72. The van der Waals surface area contributed by atoms with Gasteiger partial charge in [-0.3, -0.25) is 14.3 Å². The zero-order valence-corrected chi connectivity index (χ0v) is 19.2.